The summed E-state index contributed by atoms with van der Waals surface area (Å²) >= 11 is 0. The van der Waals surface area contributed by atoms with Crippen LogP contribution in [0.4, 0.5) is 11.6 Å². The summed E-state index contributed by atoms with van der Waals surface area (Å²) in [4.78, 5) is 23.1. The molecule has 2 N–H and O–H groups in total. The van der Waals surface area contributed by atoms with Crippen molar-refractivity contribution in [2.24, 2.45) is 0 Å². The highest BCUT2D eigenvalue weighted by Crippen LogP contribution is 2.37. The number of hydrogen-bond donors (Lipinski definition) is 1. The molecule has 2 aliphatic rings. The maximum absolute atomic E-state index is 12.5. The number of nitrogens with two attached hydrogens (primary N) is 1. The number of anilines is 2. The van der Waals surface area contributed by atoms with Gasteiger partial charge in [-0.1, -0.05) is 18.2 Å². The van der Waals surface area contributed by atoms with E-state index in [1.807, 2.05) is 12.1 Å². The van der Waals surface area contributed by atoms with Crippen LogP contribution in [0.2, 0.25) is 0 Å². The molecule has 1 unspecified atom stereocenters. The number of benzene rings is 1. The minimum atomic E-state index is 0.0954. The highest BCUT2D eigenvalue weighted by molar-refractivity contribution is 5.98. The van der Waals surface area contributed by atoms with Crippen LogP contribution in [0.3, 0.4) is 0 Å². The molecule has 1 aromatic carbocycles. The van der Waals surface area contributed by atoms with Crippen molar-refractivity contribution in [3.63, 3.8) is 0 Å². The van der Waals surface area contributed by atoms with Crippen LogP contribution in [0.5, 0.6) is 0 Å². The van der Waals surface area contributed by atoms with Gasteiger partial charge in [-0.05, 0) is 24.0 Å². The Morgan fingerprint density at radius 1 is 1.17 bits per heavy atom. The van der Waals surface area contributed by atoms with Gasteiger partial charge in [0, 0.05) is 31.4 Å². The third kappa shape index (κ3) is 2.73. The summed E-state index contributed by atoms with van der Waals surface area (Å²) in [7, 11) is 0. The van der Waals surface area contributed by atoms with E-state index in [1.54, 1.807) is 6.20 Å². The molecule has 0 saturated carbocycles. The Morgan fingerprint density at radius 2 is 1.96 bits per heavy atom. The first-order valence-corrected chi connectivity index (χ1v) is 8.28. The molecule has 1 aliphatic carbocycles. The van der Waals surface area contributed by atoms with Crippen molar-refractivity contribution in [1.29, 1.82) is 0 Å². The minimum absolute atomic E-state index is 0.0954. The number of para-hydroxylation sites is 1. The normalized spacial score (nSPS) is 20.8. The van der Waals surface area contributed by atoms with E-state index in [2.05, 4.69) is 27.0 Å². The number of rotatable bonds is 2. The number of fused-ring (bicyclic) bond motifs is 1. The molecule has 0 radical (unpaired) electrons. The summed E-state index contributed by atoms with van der Waals surface area (Å²) in [6.07, 6.45) is 2.76. The van der Waals surface area contributed by atoms with Gasteiger partial charge in [0.25, 0.3) is 0 Å². The zero-order valence-electron chi connectivity index (χ0n) is 13.4. The van der Waals surface area contributed by atoms with E-state index in [4.69, 9.17) is 10.5 Å². The summed E-state index contributed by atoms with van der Waals surface area (Å²) < 4.78 is 5.46. The molecule has 24 heavy (non-hydrogen) atoms. The van der Waals surface area contributed by atoms with Crippen molar-refractivity contribution >= 4 is 17.4 Å². The summed E-state index contributed by atoms with van der Waals surface area (Å²) in [5, 5.41) is 0. The lowest BCUT2D eigenvalue weighted by Gasteiger charge is -2.33. The predicted octanol–water partition coefficient (Wildman–Crippen LogP) is 1.81. The van der Waals surface area contributed by atoms with Crippen molar-refractivity contribution in [2.45, 2.75) is 18.8 Å². The number of morpholine rings is 1. The first-order chi connectivity index (χ1) is 11.7. The van der Waals surface area contributed by atoms with E-state index in [0.717, 1.165) is 38.4 Å². The summed E-state index contributed by atoms with van der Waals surface area (Å²) in [5.41, 5.74) is 9.48. The SMILES string of the molecule is Nc1ncc2c(n1)CC(c1ccccc1N1CCOCC1)CC2=O. The molecule has 1 saturated heterocycles. The predicted molar refractivity (Wildman–Crippen MR) is 91.3 cm³/mol. The Bertz CT molecular complexity index is 771. The van der Waals surface area contributed by atoms with Crippen LogP contribution < -0.4 is 10.6 Å². The van der Waals surface area contributed by atoms with Gasteiger partial charge >= 0.3 is 0 Å². The molecular weight excluding hydrogens is 304 g/mol. The second-order valence-electron chi connectivity index (χ2n) is 6.28. The summed E-state index contributed by atoms with van der Waals surface area (Å²) in [5.74, 6) is 0.444. The number of carbonyl (C=O) groups is 1. The van der Waals surface area contributed by atoms with Gasteiger partial charge in [0.15, 0.2) is 5.78 Å². The Morgan fingerprint density at radius 3 is 2.79 bits per heavy atom. The quantitative estimate of drug-likeness (QED) is 0.907. The van der Waals surface area contributed by atoms with Crippen LogP contribution in [-0.4, -0.2) is 42.1 Å². The van der Waals surface area contributed by atoms with Crippen molar-refractivity contribution in [3.8, 4) is 0 Å². The molecule has 4 rings (SSSR count). The highest BCUT2D eigenvalue weighted by atomic mass is 16.5. The number of carbonyl (C=O) groups excluding carboxylic acids is 1. The molecule has 0 amide bonds. The van der Waals surface area contributed by atoms with Crippen molar-refractivity contribution in [2.75, 3.05) is 36.9 Å². The minimum Gasteiger partial charge on any atom is -0.378 e. The van der Waals surface area contributed by atoms with E-state index in [0.29, 0.717) is 12.0 Å². The number of ether oxygens (including phenoxy) is 1. The van der Waals surface area contributed by atoms with Gasteiger partial charge in [0.2, 0.25) is 5.95 Å². The zero-order chi connectivity index (χ0) is 16.5. The molecule has 2 heterocycles. The fourth-order valence-electron chi connectivity index (χ4n) is 3.61. The monoisotopic (exact) mass is 324 g/mol. The standard InChI is InChI=1S/C18H20N4O2/c19-18-20-11-14-15(21-18)9-12(10-17(14)23)13-3-1-2-4-16(13)22-5-7-24-8-6-22/h1-4,11-12H,5-10H2,(H2,19,20,21). The van der Waals surface area contributed by atoms with Gasteiger partial charge in [0.1, 0.15) is 0 Å². The molecule has 1 fully saturated rings. The van der Waals surface area contributed by atoms with E-state index in [-0.39, 0.29) is 17.6 Å². The molecule has 124 valence electrons. The van der Waals surface area contributed by atoms with E-state index < -0.39 is 0 Å². The second-order valence-corrected chi connectivity index (χ2v) is 6.28. The Hall–Kier alpha value is -2.47. The average Bonchev–Trinajstić information content (AvgIpc) is 2.62. The van der Waals surface area contributed by atoms with Gasteiger partial charge in [-0.3, -0.25) is 4.79 Å². The van der Waals surface area contributed by atoms with Crippen molar-refractivity contribution in [1.82, 2.24) is 9.97 Å². The molecule has 6 heteroatoms. The number of ketones is 1. The number of hydrogen-bond acceptors (Lipinski definition) is 6. The maximum Gasteiger partial charge on any atom is 0.220 e. The molecular formula is C18H20N4O2. The lowest BCUT2D eigenvalue weighted by Crippen LogP contribution is -2.37. The summed E-state index contributed by atoms with van der Waals surface area (Å²) in [6, 6.07) is 8.34. The number of nitrogen functional groups attached to an aromatic ring is 1. The van der Waals surface area contributed by atoms with Crippen LogP contribution in [0, 0.1) is 0 Å². The van der Waals surface area contributed by atoms with Gasteiger partial charge < -0.3 is 15.4 Å². The fourth-order valence-corrected chi connectivity index (χ4v) is 3.61. The molecule has 0 spiro atoms. The Balaban J connectivity index is 1.68. The average molecular weight is 324 g/mol. The van der Waals surface area contributed by atoms with E-state index in [1.165, 1.54) is 11.3 Å². The number of Topliss-reactive ketones (excluding diaryl/α,β-unsaturated/α-hetero) is 1. The van der Waals surface area contributed by atoms with Gasteiger partial charge in [-0.25, -0.2) is 9.97 Å². The second kappa shape index (κ2) is 6.20. The van der Waals surface area contributed by atoms with E-state index >= 15 is 0 Å². The molecule has 1 aliphatic heterocycles. The van der Waals surface area contributed by atoms with Gasteiger partial charge in [-0.2, -0.15) is 0 Å². The smallest absolute Gasteiger partial charge is 0.220 e. The summed E-state index contributed by atoms with van der Waals surface area (Å²) in [6.45, 7) is 3.24. The topological polar surface area (TPSA) is 81.3 Å². The van der Waals surface area contributed by atoms with Gasteiger partial charge in [-0.15, -0.1) is 0 Å². The third-order valence-electron chi connectivity index (χ3n) is 4.79. The lowest BCUT2D eigenvalue weighted by atomic mass is 9.81. The van der Waals surface area contributed by atoms with Crippen LogP contribution in [0.1, 0.15) is 34.0 Å². The molecule has 6 nitrogen and oxygen atoms in total. The largest absolute Gasteiger partial charge is 0.378 e. The van der Waals surface area contributed by atoms with Crippen LogP contribution in [-0.2, 0) is 11.2 Å². The molecule has 1 atom stereocenters. The van der Waals surface area contributed by atoms with Gasteiger partial charge in [0.05, 0.1) is 24.5 Å². The van der Waals surface area contributed by atoms with Crippen LogP contribution in [0.15, 0.2) is 30.5 Å². The number of nitrogens with zero attached hydrogens (tertiary/aromatic N) is 3. The lowest BCUT2D eigenvalue weighted by molar-refractivity contribution is 0.0962. The third-order valence-corrected chi connectivity index (χ3v) is 4.79. The molecule has 0 bridgehead atoms. The first-order valence-electron chi connectivity index (χ1n) is 8.28. The zero-order valence-corrected chi connectivity index (χ0v) is 13.4. The Labute approximate surface area is 140 Å². The highest BCUT2D eigenvalue weighted by Gasteiger charge is 2.30. The maximum atomic E-state index is 12.5. The van der Waals surface area contributed by atoms with E-state index in [9.17, 15) is 4.79 Å². The van der Waals surface area contributed by atoms with Crippen molar-refractivity contribution in [3.05, 3.63) is 47.3 Å². The Kier molecular flexibility index (Phi) is 3.90. The number of aromatic nitrogens is 2. The molecule has 1 aromatic heterocycles. The van der Waals surface area contributed by atoms with Crippen molar-refractivity contribution < 1.29 is 9.53 Å². The molecule has 2 aromatic rings. The van der Waals surface area contributed by atoms with Crippen LogP contribution >= 0.6 is 0 Å². The fraction of sp³-hybridized carbons (Fsp3) is 0.389. The van der Waals surface area contributed by atoms with Crippen LogP contribution in [0.25, 0.3) is 0 Å². The first kappa shape index (κ1) is 15.1.